The maximum atomic E-state index is 15.3. The zero-order valence-corrected chi connectivity index (χ0v) is 16.2. The SMILES string of the molecule is CCN(O)C1=CC2Cc3c(C)nsc3N3C4=C(OC(=C1F)C23)C(=O)C(=O)CC4. The first-order valence-electron chi connectivity index (χ1n) is 9.23. The topological polar surface area (TPSA) is 83.0 Å². The molecule has 0 bridgehead atoms. The Hall–Kier alpha value is -2.52. The molecule has 28 heavy (non-hydrogen) atoms. The lowest BCUT2D eigenvalue weighted by atomic mass is 9.80. The largest absolute Gasteiger partial charge is 0.450 e. The van der Waals surface area contributed by atoms with Crippen LogP contribution in [0.5, 0.6) is 0 Å². The molecule has 2 atom stereocenters. The molecule has 146 valence electrons. The molecule has 7 nitrogen and oxygen atoms in total. The number of halogens is 1. The molecule has 4 aliphatic rings. The van der Waals surface area contributed by atoms with Crippen LogP contribution < -0.4 is 4.90 Å². The van der Waals surface area contributed by atoms with Gasteiger partial charge in [-0.3, -0.25) is 19.9 Å². The summed E-state index contributed by atoms with van der Waals surface area (Å²) in [5.41, 5.74) is 2.59. The zero-order valence-electron chi connectivity index (χ0n) is 15.4. The van der Waals surface area contributed by atoms with E-state index in [1.807, 2.05) is 11.8 Å². The Labute approximate surface area is 164 Å². The molecule has 9 heteroatoms. The molecule has 1 aromatic heterocycles. The van der Waals surface area contributed by atoms with Crippen molar-refractivity contribution in [2.24, 2.45) is 5.92 Å². The van der Waals surface area contributed by atoms with Crippen molar-refractivity contribution in [2.75, 3.05) is 11.4 Å². The molecule has 1 aromatic rings. The van der Waals surface area contributed by atoms with Gasteiger partial charge in [0.2, 0.25) is 5.78 Å². The second-order valence-corrected chi connectivity index (χ2v) is 8.06. The average Bonchev–Trinajstić information content (AvgIpc) is 3.07. The predicted octanol–water partition coefficient (Wildman–Crippen LogP) is 2.76. The molecule has 0 spiro atoms. The number of aryl methyl sites for hydroxylation is 1. The highest BCUT2D eigenvalue weighted by atomic mass is 32.1. The Morgan fingerprint density at radius 2 is 2.21 bits per heavy atom. The van der Waals surface area contributed by atoms with E-state index >= 15 is 4.39 Å². The summed E-state index contributed by atoms with van der Waals surface area (Å²) < 4.78 is 25.5. The quantitative estimate of drug-likeness (QED) is 0.601. The Morgan fingerprint density at radius 3 is 2.96 bits per heavy atom. The summed E-state index contributed by atoms with van der Waals surface area (Å²) >= 11 is 1.31. The Morgan fingerprint density at radius 1 is 1.43 bits per heavy atom. The summed E-state index contributed by atoms with van der Waals surface area (Å²) in [7, 11) is 0. The van der Waals surface area contributed by atoms with E-state index in [9.17, 15) is 14.8 Å². The molecule has 5 rings (SSSR count). The van der Waals surface area contributed by atoms with Gasteiger partial charge in [0.25, 0.3) is 5.78 Å². The third kappa shape index (κ3) is 2.20. The van der Waals surface area contributed by atoms with Crippen LogP contribution in [-0.2, 0) is 20.7 Å². The molecule has 1 N–H and O–H groups in total. The molecule has 2 aliphatic heterocycles. The molecule has 0 amide bonds. The predicted molar refractivity (Wildman–Crippen MR) is 98.1 cm³/mol. The molecule has 0 saturated carbocycles. The van der Waals surface area contributed by atoms with Crippen molar-refractivity contribution in [3.8, 4) is 0 Å². The third-order valence-corrected chi connectivity index (χ3v) is 6.76. The fourth-order valence-electron chi connectivity index (χ4n) is 4.39. The van der Waals surface area contributed by atoms with Gasteiger partial charge in [-0.2, -0.15) is 4.37 Å². The summed E-state index contributed by atoms with van der Waals surface area (Å²) in [4.78, 5) is 26.4. The maximum Gasteiger partial charge on any atom is 0.265 e. The van der Waals surface area contributed by atoms with Crippen molar-refractivity contribution in [2.45, 2.75) is 39.2 Å². The van der Waals surface area contributed by atoms with E-state index in [-0.39, 0.29) is 36.1 Å². The first-order valence-corrected chi connectivity index (χ1v) is 10.0. The number of carbonyl (C=O) groups is 2. The van der Waals surface area contributed by atoms with Crippen molar-refractivity contribution >= 4 is 28.1 Å². The smallest absolute Gasteiger partial charge is 0.265 e. The van der Waals surface area contributed by atoms with Crippen LogP contribution in [0.4, 0.5) is 9.39 Å². The van der Waals surface area contributed by atoms with Gasteiger partial charge in [-0.1, -0.05) is 0 Å². The lowest BCUT2D eigenvalue weighted by Gasteiger charge is -2.48. The lowest BCUT2D eigenvalue weighted by molar-refractivity contribution is -0.137. The molecule has 0 radical (unpaired) electrons. The number of hydroxylamine groups is 2. The average molecular weight is 403 g/mol. The van der Waals surface area contributed by atoms with Crippen LogP contribution in [-0.4, -0.2) is 38.8 Å². The molecular weight excluding hydrogens is 385 g/mol. The van der Waals surface area contributed by atoms with Crippen LogP contribution in [0, 0.1) is 12.8 Å². The van der Waals surface area contributed by atoms with Crippen molar-refractivity contribution in [1.82, 2.24) is 9.44 Å². The van der Waals surface area contributed by atoms with Crippen LogP contribution in [0.1, 0.15) is 31.0 Å². The number of anilines is 1. The summed E-state index contributed by atoms with van der Waals surface area (Å²) in [6.07, 6.45) is 2.84. The lowest BCUT2D eigenvalue weighted by Crippen LogP contribution is -2.52. The first kappa shape index (κ1) is 17.6. The number of allylic oxidation sites excluding steroid dienone is 3. The van der Waals surface area contributed by atoms with Gasteiger partial charge in [0.05, 0.1) is 17.1 Å². The van der Waals surface area contributed by atoms with E-state index in [2.05, 4.69) is 4.37 Å². The van der Waals surface area contributed by atoms with Crippen LogP contribution in [0.2, 0.25) is 0 Å². The fourth-order valence-corrected chi connectivity index (χ4v) is 5.37. The number of Topliss-reactive ketones (excluding diaryl/α,β-unsaturated/α-hetero) is 2. The third-order valence-electron chi connectivity index (χ3n) is 5.78. The maximum absolute atomic E-state index is 15.3. The number of carbonyl (C=O) groups excluding carboxylic acids is 2. The molecule has 0 aromatic carbocycles. The minimum absolute atomic E-state index is 0.0199. The van der Waals surface area contributed by atoms with Gasteiger partial charge in [-0.05, 0) is 44.3 Å². The molecule has 3 heterocycles. The number of likely N-dealkylation sites (N-methyl/N-ethyl adjacent to an activating group) is 1. The van der Waals surface area contributed by atoms with Gasteiger partial charge < -0.3 is 9.64 Å². The van der Waals surface area contributed by atoms with E-state index in [0.29, 0.717) is 18.5 Å². The highest BCUT2D eigenvalue weighted by Gasteiger charge is 2.51. The van der Waals surface area contributed by atoms with E-state index < -0.39 is 23.4 Å². The molecule has 2 unspecified atom stereocenters. The number of ether oxygens (including phenoxy) is 1. The van der Waals surface area contributed by atoms with Gasteiger partial charge in [0, 0.05) is 24.4 Å². The molecule has 2 aliphatic carbocycles. The van der Waals surface area contributed by atoms with E-state index in [1.54, 1.807) is 13.0 Å². The highest BCUT2D eigenvalue weighted by molar-refractivity contribution is 7.10. The number of fused-ring (bicyclic) bond motifs is 3. The number of nitrogens with zero attached hydrogens (tertiary/aromatic N) is 3. The summed E-state index contributed by atoms with van der Waals surface area (Å²) in [5.74, 6) is -2.24. The van der Waals surface area contributed by atoms with E-state index in [0.717, 1.165) is 21.3 Å². The Bertz CT molecular complexity index is 1020. The normalized spacial score (nSPS) is 25.9. The molecule has 0 saturated heterocycles. The number of hydrogen-bond acceptors (Lipinski definition) is 8. The minimum atomic E-state index is -0.725. The van der Waals surface area contributed by atoms with E-state index in [1.165, 1.54) is 11.5 Å². The molecular formula is C19H18FN3O4S. The van der Waals surface area contributed by atoms with Crippen molar-refractivity contribution < 1.29 is 23.9 Å². The Kier molecular flexibility index (Phi) is 3.76. The van der Waals surface area contributed by atoms with Gasteiger partial charge in [0.1, 0.15) is 11.0 Å². The van der Waals surface area contributed by atoms with Gasteiger partial charge >= 0.3 is 0 Å². The van der Waals surface area contributed by atoms with Gasteiger partial charge in [-0.25, -0.2) is 4.39 Å². The number of hydrogen-bond donors (Lipinski definition) is 1. The second kappa shape index (κ2) is 5.99. The second-order valence-electron chi connectivity index (χ2n) is 7.31. The van der Waals surface area contributed by atoms with E-state index in [4.69, 9.17) is 4.74 Å². The molecule has 0 fully saturated rings. The summed E-state index contributed by atoms with van der Waals surface area (Å²) in [6, 6.07) is -0.457. The highest BCUT2D eigenvalue weighted by Crippen LogP contribution is 2.51. The fraction of sp³-hybridized carbons (Fsp3) is 0.421. The van der Waals surface area contributed by atoms with Gasteiger partial charge in [0.15, 0.2) is 17.3 Å². The van der Waals surface area contributed by atoms with Crippen LogP contribution >= 0.6 is 11.5 Å². The van der Waals surface area contributed by atoms with Crippen molar-refractivity contribution in [1.29, 1.82) is 0 Å². The number of aromatic nitrogens is 1. The van der Waals surface area contributed by atoms with Crippen LogP contribution in [0.25, 0.3) is 0 Å². The van der Waals surface area contributed by atoms with Crippen molar-refractivity contribution in [3.63, 3.8) is 0 Å². The number of ketones is 2. The van der Waals surface area contributed by atoms with Crippen LogP contribution in [0.3, 0.4) is 0 Å². The van der Waals surface area contributed by atoms with Crippen molar-refractivity contribution in [3.05, 3.63) is 46.1 Å². The number of rotatable bonds is 2. The summed E-state index contributed by atoms with van der Waals surface area (Å²) in [5, 5.41) is 11.9. The zero-order chi connectivity index (χ0) is 19.7. The monoisotopic (exact) mass is 403 g/mol. The Balaban J connectivity index is 1.76. The first-order chi connectivity index (χ1) is 13.4. The van der Waals surface area contributed by atoms with Crippen LogP contribution in [0.15, 0.2) is 34.8 Å². The summed E-state index contributed by atoms with van der Waals surface area (Å²) in [6.45, 7) is 3.83. The standard InChI is InChI=1S/C19H18FN3O4S/c1-3-22(26)12-7-9-6-10-8(2)21-28-19(10)23-11-4-5-13(24)16(25)17(11)27-18(14(12)20)15(9)23/h7,9,15,26H,3-6H2,1-2H3. The minimum Gasteiger partial charge on any atom is -0.450 e. The van der Waals surface area contributed by atoms with Gasteiger partial charge in [-0.15, -0.1) is 0 Å².